The van der Waals surface area contributed by atoms with Crippen molar-refractivity contribution < 1.29 is 13.0 Å². The summed E-state index contributed by atoms with van der Waals surface area (Å²) in [5.74, 6) is 0. The average molecular weight is 226 g/mol. The molecule has 5 nitrogen and oxygen atoms in total. The molecule has 1 aromatic carbocycles. The molecule has 6 heteroatoms. The normalized spacial score (nSPS) is 15.9. The van der Waals surface area contributed by atoms with Crippen molar-refractivity contribution in [3.8, 4) is 0 Å². The van der Waals surface area contributed by atoms with Crippen molar-refractivity contribution in [2.75, 3.05) is 11.6 Å². The molecule has 0 aliphatic carbocycles. The number of anilines is 1. The second-order valence-electron chi connectivity index (χ2n) is 3.18. The Hall–Kier alpha value is -1.40. The first-order valence-electron chi connectivity index (χ1n) is 4.45. The Morgan fingerprint density at radius 1 is 1.27 bits per heavy atom. The molecule has 0 aromatic heterocycles. The molecular weight excluding hydrogens is 216 g/mol. The fourth-order valence-corrected chi connectivity index (χ4v) is 1.86. The third kappa shape index (κ3) is 2.16. The number of benzene rings is 1. The molecule has 1 heterocycles. The van der Waals surface area contributed by atoms with Crippen LogP contribution in [0.25, 0.3) is 0 Å². The fourth-order valence-electron chi connectivity index (χ4n) is 1.38. The van der Waals surface area contributed by atoms with E-state index in [0.717, 1.165) is 18.7 Å². The Balaban J connectivity index is 2.28. The quantitative estimate of drug-likeness (QED) is 0.767. The molecule has 0 saturated carbocycles. The Morgan fingerprint density at radius 3 is 2.40 bits per heavy atom. The second kappa shape index (κ2) is 3.63. The van der Waals surface area contributed by atoms with E-state index in [1.165, 1.54) is 12.1 Å². The van der Waals surface area contributed by atoms with Crippen LogP contribution in [0.15, 0.2) is 34.3 Å². The maximum atomic E-state index is 10.8. The van der Waals surface area contributed by atoms with Crippen LogP contribution in [0, 0.1) is 0 Å². The van der Waals surface area contributed by atoms with Crippen molar-refractivity contribution in [1.29, 1.82) is 0 Å². The zero-order valence-electron chi connectivity index (χ0n) is 7.87. The van der Waals surface area contributed by atoms with Gasteiger partial charge in [-0.3, -0.25) is 9.56 Å². The molecule has 2 rings (SSSR count). The van der Waals surface area contributed by atoms with Gasteiger partial charge in [-0.1, -0.05) is 0 Å². The lowest BCUT2D eigenvalue weighted by atomic mass is 10.3. The van der Waals surface area contributed by atoms with Gasteiger partial charge in [-0.05, 0) is 24.3 Å². The van der Waals surface area contributed by atoms with E-state index >= 15 is 0 Å². The molecular formula is C9H10N2O3S. The van der Waals surface area contributed by atoms with Crippen LogP contribution in [0.4, 0.5) is 5.69 Å². The zero-order chi connectivity index (χ0) is 10.9. The maximum Gasteiger partial charge on any atom is 0.294 e. The minimum absolute atomic E-state index is 0.102. The largest absolute Gasteiger partial charge is 0.294 e. The molecule has 0 unspecified atom stereocenters. The molecule has 0 spiro atoms. The Kier molecular flexibility index (Phi) is 2.45. The molecule has 0 atom stereocenters. The van der Waals surface area contributed by atoms with Crippen LogP contribution >= 0.6 is 0 Å². The van der Waals surface area contributed by atoms with E-state index in [4.69, 9.17) is 4.55 Å². The predicted molar refractivity (Wildman–Crippen MR) is 56.7 cm³/mol. The molecule has 0 fully saturated rings. The molecule has 1 aliphatic heterocycles. The van der Waals surface area contributed by atoms with Gasteiger partial charge in [0, 0.05) is 19.2 Å². The van der Waals surface area contributed by atoms with E-state index in [0.29, 0.717) is 0 Å². The van der Waals surface area contributed by atoms with Crippen molar-refractivity contribution in [2.45, 2.75) is 11.3 Å². The first kappa shape index (κ1) is 10.1. The summed E-state index contributed by atoms with van der Waals surface area (Å²) in [6.07, 6.45) is 2.69. The van der Waals surface area contributed by atoms with Gasteiger partial charge in [0.05, 0.1) is 10.6 Å². The standard InChI is InChI=1S/C9H10N2O3S/c12-15(13,14)9-4-2-8(3-5-9)11-7-1-6-10-11/h2-6H,1,7H2,(H,12,13,14). The number of rotatable bonds is 2. The van der Waals surface area contributed by atoms with Crippen molar-refractivity contribution in [3.63, 3.8) is 0 Å². The van der Waals surface area contributed by atoms with E-state index in [9.17, 15) is 8.42 Å². The minimum Gasteiger partial charge on any atom is -0.282 e. The number of hydrogen-bond acceptors (Lipinski definition) is 4. The summed E-state index contributed by atoms with van der Waals surface area (Å²) >= 11 is 0. The maximum absolute atomic E-state index is 10.8. The van der Waals surface area contributed by atoms with Gasteiger partial charge in [0.25, 0.3) is 10.1 Å². The van der Waals surface area contributed by atoms with Crippen LogP contribution in [0.2, 0.25) is 0 Å². The highest BCUT2D eigenvalue weighted by Gasteiger charge is 2.12. The van der Waals surface area contributed by atoms with Crippen LogP contribution in [0.3, 0.4) is 0 Å². The monoisotopic (exact) mass is 226 g/mol. The van der Waals surface area contributed by atoms with E-state index in [2.05, 4.69) is 5.10 Å². The van der Waals surface area contributed by atoms with Gasteiger partial charge in [-0.2, -0.15) is 13.5 Å². The topological polar surface area (TPSA) is 70.0 Å². The second-order valence-corrected chi connectivity index (χ2v) is 4.60. The number of hydrogen-bond donors (Lipinski definition) is 1. The van der Waals surface area contributed by atoms with Crippen molar-refractivity contribution in [1.82, 2.24) is 0 Å². The lowest BCUT2D eigenvalue weighted by Gasteiger charge is -2.13. The van der Waals surface area contributed by atoms with E-state index < -0.39 is 10.1 Å². The van der Waals surface area contributed by atoms with Crippen LogP contribution in [-0.4, -0.2) is 25.7 Å². The summed E-state index contributed by atoms with van der Waals surface area (Å²) in [4.78, 5) is -0.102. The molecule has 80 valence electrons. The van der Waals surface area contributed by atoms with E-state index in [1.807, 2.05) is 0 Å². The van der Waals surface area contributed by atoms with Gasteiger partial charge in [-0.25, -0.2) is 0 Å². The Morgan fingerprint density at radius 2 is 1.93 bits per heavy atom. The summed E-state index contributed by atoms with van der Waals surface area (Å²) < 4.78 is 30.3. The molecule has 0 amide bonds. The van der Waals surface area contributed by atoms with Crippen LogP contribution in [0.5, 0.6) is 0 Å². The molecule has 1 aromatic rings. The molecule has 1 aliphatic rings. The molecule has 0 bridgehead atoms. The summed E-state index contributed by atoms with van der Waals surface area (Å²) in [6.45, 7) is 0.797. The third-order valence-electron chi connectivity index (χ3n) is 2.12. The van der Waals surface area contributed by atoms with Crippen LogP contribution in [0.1, 0.15) is 6.42 Å². The summed E-state index contributed by atoms with van der Waals surface area (Å²) in [5, 5.41) is 5.87. The first-order valence-corrected chi connectivity index (χ1v) is 5.89. The SMILES string of the molecule is O=S(=O)(O)c1ccc(N2CCC=N2)cc1. The highest BCUT2D eigenvalue weighted by atomic mass is 32.2. The molecule has 1 N–H and O–H groups in total. The van der Waals surface area contributed by atoms with Crippen molar-refractivity contribution >= 4 is 22.0 Å². The van der Waals surface area contributed by atoms with Gasteiger partial charge in [0.15, 0.2) is 0 Å². The Bertz CT molecular complexity index is 479. The van der Waals surface area contributed by atoms with Crippen molar-refractivity contribution in [2.24, 2.45) is 5.10 Å². The molecule has 15 heavy (non-hydrogen) atoms. The highest BCUT2D eigenvalue weighted by molar-refractivity contribution is 7.85. The molecule has 0 radical (unpaired) electrons. The van der Waals surface area contributed by atoms with E-state index in [-0.39, 0.29) is 4.90 Å². The first-order chi connectivity index (χ1) is 7.07. The summed E-state index contributed by atoms with van der Waals surface area (Å²) in [5.41, 5.74) is 0.816. The van der Waals surface area contributed by atoms with Gasteiger partial charge in [0.2, 0.25) is 0 Å². The highest BCUT2D eigenvalue weighted by Crippen LogP contribution is 2.19. The lowest BCUT2D eigenvalue weighted by molar-refractivity contribution is 0.483. The third-order valence-corrected chi connectivity index (χ3v) is 2.99. The summed E-state index contributed by atoms with van der Waals surface area (Å²) in [7, 11) is -4.10. The van der Waals surface area contributed by atoms with Gasteiger partial charge in [-0.15, -0.1) is 0 Å². The Labute approximate surface area is 87.8 Å². The fraction of sp³-hybridized carbons (Fsp3) is 0.222. The van der Waals surface area contributed by atoms with Gasteiger partial charge in [0.1, 0.15) is 0 Å². The number of hydrazone groups is 1. The van der Waals surface area contributed by atoms with E-state index in [1.54, 1.807) is 23.4 Å². The number of nitrogens with zero attached hydrogens (tertiary/aromatic N) is 2. The minimum atomic E-state index is -4.10. The summed E-state index contributed by atoms with van der Waals surface area (Å²) in [6, 6.07) is 5.95. The zero-order valence-corrected chi connectivity index (χ0v) is 8.68. The average Bonchev–Trinajstić information content (AvgIpc) is 2.69. The lowest BCUT2D eigenvalue weighted by Crippen LogP contribution is -2.11. The van der Waals surface area contributed by atoms with Crippen LogP contribution < -0.4 is 5.01 Å². The van der Waals surface area contributed by atoms with Gasteiger partial charge >= 0.3 is 0 Å². The van der Waals surface area contributed by atoms with Crippen molar-refractivity contribution in [3.05, 3.63) is 24.3 Å². The smallest absolute Gasteiger partial charge is 0.282 e. The van der Waals surface area contributed by atoms with Gasteiger partial charge < -0.3 is 0 Å². The molecule has 0 saturated heterocycles. The van der Waals surface area contributed by atoms with Crippen LogP contribution in [-0.2, 0) is 10.1 Å². The predicted octanol–water partition coefficient (Wildman–Crippen LogP) is 1.13.